The molecule has 1 aromatic heterocycles. The second-order valence-corrected chi connectivity index (χ2v) is 8.05. The number of Topliss-reactive ketones (excluding diaryl/α,β-unsaturated/α-hetero) is 1. The number of fused-ring (bicyclic) bond motifs is 1. The van der Waals surface area contributed by atoms with Crippen LogP contribution in [0.15, 0.2) is 59.1 Å². The number of ketones is 1. The Morgan fingerprint density at radius 2 is 1.97 bits per heavy atom. The van der Waals surface area contributed by atoms with E-state index in [4.69, 9.17) is 9.47 Å². The summed E-state index contributed by atoms with van der Waals surface area (Å²) in [5.74, 6) is 1.06. The fourth-order valence-corrected chi connectivity index (χ4v) is 4.44. The van der Waals surface area contributed by atoms with Gasteiger partial charge in [0.25, 0.3) is 5.91 Å². The molecule has 2 N–H and O–H groups in total. The van der Waals surface area contributed by atoms with Crippen molar-refractivity contribution in [1.82, 2.24) is 10.3 Å². The summed E-state index contributed by atoms with van der Waals surface area (Å²) < 4.78 is 11.0. The average Bonchev–Trinajstić information content (AvgIpc) is 3.22. The van der Waals surface area contributed by atoms with Gasteiger partial charge in [0.15, 0.2) is 17.3 Å². The molecule has 1 atom stereocenters. The number of hydrogen-bond donors (Lipinski definition) is 2. The number of anilines is 1. The molecule has 1 aliphatic carbocycles. The summed E-state index contributed by atoms with van der Waals surface area (Å²) in [6.45, 7) is 3.98. The minimum Gasteiger partial charge on any atom is -0.454 e. The second kappa shape index (κ2) is 7.58. The minimum absolute atomic E-state index is 0.0719. The fraction of sp³-hybridized carbons (Fsp3) is 0.292. The zero-order valence-corrected chi connectivity index (χ0v) is 17.5. The van der Waals surface area contributed by atoms with E-state index in [1.165, 1.54) is 0 Å². The van der Waals surface area contributed by atoms with E-state index < -0.39 is 5.92 Å². The Morgan fingerprint density at radius 1 is 1.13 bits per heavy atom. The number of ether oxygens (including phenoxy) is 2. The van der Waals surface area contributed by atoms with E-state index in [1.54, 1.807) is 12.3 Å². The van der Waals surface area contributed by atoms with Crippen molar-refractivity contribution in [2.75, 3.05) is 12.1 Å². The predicted molar refractivity (Wildman–Crippen MR) is 115 cm³/mol. The van der Waals surface area contributed by atoms with Crippen molar-refractivity contribution >= 4 is 17.5 Å². The molecular weight excluding hydrogens is 394 g/mol. The quantitative estimate of drug-likeness (QED) is 0.791. The maximum absolute atomic E-state index is 13.4. The molecule has 1 aromatic carbocycles. The first-order chi connectivity index (χ1) is 15.0. The number of carbonyl (C=O) groups excluding carboxylic acids is 2. The zero-order chi connectivity index (χ0) is 21.5. The van der Waals surface area contributed by atoms with Gasteiger partial charge in [-0.2, -0.15) is 0 Å². The van der Waals surface area contributed by atoms with E-state index >= 15 is 0 Å². The highest BCUT2D eigenvalue weighted by atomic mass is 16.7. The third-order valence-corrected chi connectivity index (χ3v) is 5.90. The van der Waals surface area contributed by atoms with Crippen LogP contribution >= 0.6 is 0 Å². The lowest BCUT2D eigenvalue weighted by Gasteiger charge is -2.34. The summed E-state index contributed by atoms with van der Waals surface area (Å²) >= 11 is 0. The van der Waals surface area contributed by atoms with Crippen molar-refractivity contribution in [2.24, 2.45) is 0 Å². The molecule has 0 unspecified atom stereocenters. The number of aromatic nitrogens is 1. The lowest BCUT2D eigenvalue weighted by molar-refractivity contribution is -0.116. The summed E-state index contributed by atoms with van der Waals surface area (Å²) in [5.41, 5.74) is 4.65. The lowest BCUT2D eigenvalue weighted by atomic mass is 9.75. The van der Waals surface area contributed by atoms with E-state index in [2.05, 4.69) is 15.6 Å². The topological polar surface area (TPSA) is 89.6 Å². The van der Waals surface area contributed by atoms with Crippen LogP contribution < -0.4 is 20.1 Å². The Labute approximate surface area is 180 Å². The predicted octanol–water partition coefficient (Wildman–Crippen LogP) is 3.73. The summed E-state index contributed by atoms with van der Waals surface area (Å²) in [6, 6.07) is 9.27. The highest BCUT2D eigenvalue weighted by Gasteiger charge is 2.39. The van der Waals surface area contributed by atoms with E-state index in [-0.39, 0.29) is 18.5 Å². The Hall–Kier alpha value is -3.61. The Bertz CT molecular complexity index is 1150. The van der Waals surface area contributed by atoms with Gasteiger partial charge in [0.2, 0.25) is 6.79 Å². The second-order valence-electron chi connectivity index (χ2n) is 8.05. The van der Waals surface area contributed by atoms with Gasteiger partial charge in [0.05, 0.1) is 0 Å². The number of amides is 1. The lowest BCUT2D eigenvalue weighted by Crippen LogP contribution is -2.35. The van der Waals surface area contributed by atoms with Gasteiger partial charge < -0.3 is 20.1 Å². The molecule has 2 aromatic rings. The molecule has 1 amide bonds. The van der Waals surface area contributed by atoms with E-state index in [9.17, 15) is 9.59 Å². The van der Waals surface area contributed by atoms with Gasteiger partial charge in [-0.1, -0.05) is 12.1 Å². The van der Waals surface area contributed by atoms with Crippen LogP contribution in [0.25, 0.3) is 0 Å². The number of nitrogens with zero attached hydrogens (tertiary/aromatic N) is 1. The van der Waals surface area contributed by atoms with Crippen molar-refractivity contribution in [1.29, 1.82) is 0 Å². The number of allylic oxidation sites excluding steroid dienone is 3. The SMILES string of the molecule is CC1=C(C(=O)Nc2ccc(C)cn2)[C@H](c2ccc3c(c2)OCO3)C2=C(CCCC2=O)N1. The van der Waals surface area contributed by atoms with Crippen LogP contribution in [0, 0.1) is 6.92 Å². The Morgan fingerprint density at radius 3 is 2.77 bits per heavy atom. The first kappa shape index (κ1) is 19.4. The number of aryl methyl sites for hydroxylation is 1. The molecule has 0 saturated heterocycles. The summed E-state index contributed by atoms with van der Waals surface area (Å²) in [7, 11) is 0. The number of pyridine rings is 1. The van der Waals surface area contributed by atoms with E-state index in [0.29, 0.717) is 34.9 Å². The summed E-state index contributed by atoms with van der Waals surface area (Å²) in [5, 5.41) is 6.22. The first-order valence-electron chi connectivity index (χ1n) is 10.4. The maximum Gasteiger partial charge on any atom is 0.255 e. The van der Waals surface area contributed by atoms with E-state index in [0.717, 1.165) is 35.4 Å². The monoisotopic (exact) mass is 417 g/mol. The van der Waals surface area contributed by atoms with Gasteiger partial charge in [-0.15, -0.1) is 0 Å². The maximum atomic E-state index is 13.4. The molecule has 0 saturated carbocycles. The molecule has 31 heavy (non-hydrogen) atoms. The Balaban J connectivity index is 1.58. The van der Waals surface area contributed by atoms with Crippen LogP contribution in [0.1, 0.15) is 43.2 Å². The van der Waals surface area contributed by atoms with Crippen molar-refractivity contribution in [3.8, 4) is 11.5 Å². The molecule has 3 aliphatic rings. The Kier molecular flexibility index (Phi) is 4.73. The number of dihydropyridines is 1. The van der Waals surface area contributed by atoms with Crippen molar-refractivity contribution in [3.05, 3.63) is 70.2 Å². The van der Waals surface area contributed by atoms with Gasteiger partial charge in [0, 0.05) is 41.1 Å². The molecule has 3 heterocycles. The van der Waals surface area contributed by atoms with Crippen LogP contribution in [-0.4, -0.2) is 23.5 Å². The molecule has 2 aliphatic heterocycles. The molecular formula is C24H23N3O4. The van der Waals surface area contributed by atoms with Crippen molar-refractivity contribution < 1.29 is 19.1 Å². The van der Waals surface area contributed by atoms with Gasteiger partial charge in [-0.05, 0) is 56.0 Å². The largest absolute Gasteiger partial charge is 0.454 e. The number of rotatable bonds is 3. The fourth-order valence-electron chi connectivity index (χ4n) is 4.44. The van der Waals surface area contributed by atoms with Crippen LogP contribution in [0.4, 0.5) is 5.82 Å². The number of nitrogens with one attached hydrogen (secondary N) is 2. The van der Waals surface area contributed by atoms with Crippen molar-refractivity contribution in [3.63, 3.8) is 0 Å². The normalized spacial score (nSPS) is 19.8. The molecule has 158 valence electrons. The molecule has 0 bridgehead atoms. The third kappa shape index (κ3) is 3.46. The highest BCUT2D eigenvalue weighted by molar-refractivity contribution is 6.09. The van der Waals surface area contributed by atoms with Gasteiger partial charge in [0.1, 0.15) is 5.82 Å². The molecule has 0 spiro atoms. The van der Waals surface area contributed by atoms with Gasteiger partial charge in [-0.25, -0.2) is 4.98 Å². The molecule has 0 fully saturated rings. The van der Waals surface area contributed by atoms with Gasteiger partial charge >= 0.3 is 0 Å². The van der Waals surface area contributed by atoms with Crippen LogP contribution in [0.3, 0.4) is 0 Å². The van der Waals surface area contributed by atoms with Crippen LogP contribution in [0.2, 0.25) is 0 Å². The molecule has 7 nitrogen and oxygen atoms in total. The molecule has 0 radical (unpaired) electrons. The molecule has 7 heteroatoms. The van der Waals surface area contributed by atoms with Crippen LogP contribution in [-0.2, 0) is 9.59 Å². The molecule has 5 rings (SSSR count). The minimum atomic E-state index is -0.482. The third-order valence-electron chi connectivity index (χ3n) is 5.90. The first-order valence-corrected chi connectivity index (χ1v) is 10.4. The number of carbonyl (C=O) groups is 2. The smallest absolute Gasteiger partial charge is 0.255 e. The number of benzene rings is 1. The van der Waals surface area contributed by atoms with E-state index in [1.807, 2.05) is 38.1 Å². The summed E-state index contributed by atoms with van der Waals surface area (Å²) in [4.78, 5) is 30.7. The summed E-state index contributed by atoms with van der Waals surface area (Å²) in [6.07, 6.45) is 3.78. The number of hydrogen-bond acceptors (Lipinski definition) is 6. The highest BCUT2D eigenvalue weighted by Crippen LogP contribution is 2.45. The zero-order valence-electron chi connectivity index (χ0n) is 17.5. The average molecular weight is 417 g/mol. The van der Waals surface area contributed by atoms with Crippen molar-refractivity contribution in [2.45, 2.75) is 39.0 Å². The standard InChI is InChI=1S/C24H23N3O4/c1-13-6-9-20(25-11-13)27-24(29)21-14(2)26-16-4-3-5-17(28)23(16)22(21)15-7-8-18-19(10-15)31-12-30-18/h6-11,22,26H,3-5,12H2,1-2H3,(H,25,27,29)/t22-/m0/s1. The van der Waals surface area contributed by atoms with Gasteiger partial charge in [-0.3, -0.25) is 9.59 Å². The van der Waals surface area contributed by atoms with Crippen LogP contribution in [0.5, 0.6) is 11.5 Å².